The summed E-state index contributed by atoms with van der Waals surface area (Å²) >= 11 is 0.835. The lowest BCUT2D eigenvalue weighted by atomic mass is 10.1. The van der Waals surface area contributed by atoms with Gasteiger partial charge in [0.2, 0.25) is 0 Å². The van der Waals surface area contributed by atoms with Crippen molar-refractivity contribution < 1.29 is 23.8 Å². The number of carbonyl (C=O) groups is 2. The van der Waals surface area contributed by atoms with Gasteiger partial charge >= 0.3 is 0 Å². The SMILES string of the molecule is C#CCN1C(=O)S/C(=C/c2cc(OC)c(OC)cc2OC)C1=O. The van der Waals surface area contributed by atoms with Gasteiger partial charge in [-0.1, -0.05) is 5.92 Å². The maximum atomic E-state index is 12.2. The predicted octanol–water partition coefficient (Wildman–Crippen LogP) is 2.38. The summed E-state index contributed by atoms with van der Waals surface area (Å²) in [6, 6.07) is 3.32. The Hall–Kier alpha value is -2.59. The molecule has 0 aliphatic carbocycles. The van der Waals surface area contributed by atoms with Crippen LogP contribution in [0.5, 0.6) is 17.2 Å². The second-order valence-electron chi connectivity index (χ2n) is 4.42. The number of thioether (sulfide) groups is 1. The predicted molar refractivity (Wildman–Crippen MR) is 87.6 cm³/mol. The number of nitrogens with zero attached hydrogens (tertiary/aromatic N) is 1. The molecular weight excluding hydrogens is 318 g/mol. The fraction of sp³-hybridized carbons (Fsp3) is 0.250. The van der Waals surface area contributed by atoms with Crippen molar-refractivity contribution in [1.29, 1.82) is 0 Å². The van der Waals surface area contributed by atoms with Crippen molar-refractivity contribution in [3.63, 3.8) is 0 Å². The van der Waals surface area contributed by atoms with E-state index in [1.54, 1.807) is 18.2 Å². The minimum atomic E-state index is -0.421. The molecule has 1 aliphatic rings. The van der Waals surface area contributed by atoms with Crippen LogP contribution >= 0.6 is 11.8 Å². The molecule has 0 N–H and O–H groups in total. The molecule has 0 aromatic heterocycles. The van der Waals surface area contributed by atoms with Crippen LogP contribution in [0.1, 0.15) is 5.56 Å². The molecule has 2 amide bonds. The number of methoxy groups -OCH3 is 3. The van der Waals surface area contributed by atoms with E-state index in [0.717, 1.165) is 16.7 Å². The van der Waals surface area contributed by atoms with Crippen molar-refractivity contribution in [2.24, 2.45) is 0 Å². The van der Waals surface area contributed by atoms with Gasteiger partial charge in [-0.2, -0.15) is 0 Å². The summed E-state index contributed by atoms with van der Waals surface area (Å²) in [6.07, 6.45) is 6.74. The Labute approximate surface area is 138 Å². The van der Waals surface area contributed by atoms with Gasteiger partial charge in [-0.15, -0.1) is 6.42 Å². The van der Waals surface area contributed by atoms with Crippen molar-refractivity contribution in [2.45, 2.75) is 0 Å². The van der Waals surface area contributed by atoms with Crippen LogP contribution in [0.4, 0.5) is 4.79 Å². The Morgan fingerprint density at radius 1 is 1.13 bits per heavy atom. The standard InChI is InChI=1S/C16H15NO5S/c1-5-6-17-15(18)14(23-16(17)19)8-10-7-12(21-3)13(22-4)9-11(10)20-2/h1,7-9H,6H2,2-4H3/b14-8+. The topological polar surface area (TPSA) is 65.1 Å². The first-order valence-electron chi connectivity index (χ1n) is 6.54. The van der Waals surface area contributed by atoms with Crippen LogP contribution < -0.4 is 14.2 Å². The molecule has 6 nitrogen and oxygen atoms in total. The summed E-state index contributed by atoms with van der Waals surface area (Å²) in [7, 11) is 4.53. The fourth-order valence-corrected chi connectivity index (χ4v) is 2.86. The smallest absolute Gasteiger partial charge is 0.294 e. The normalized spacial score (nSPS) is 15.7. The molecule has 1 fully saturated rings. The molecule has 0 spiro atoms. The highest BCUT2D eigenvalue weighted by Gasteiger charge is 2.34. The zero-order chi connectivity index (χ0) is 17.0. The van der Waals surface area contributed by atoms with E-state index in [4.69, 9.17) is 20.6 Å². The number of terminal acetylenes is 1. The molecule has 120 valence electrons. The average Bonchev–Trinajstić information content (AvgIpc) is 2.82. The lowest BCUT2D eigenvalue weighted by Crippen LogP contribution is -2.28. The lowest BCUT2D eigenvalue weighted by Gasteiger charge is -2.12. The van der Waals surface area contributed by atoms with Crippen molar-refractivity contribution in [1.82, 2.24) is 4.90 Å². The summed E-state index contributed by atoms with van der Waals surface area (Å²) in [6.45, 7) is -0.0505. The van der Waals surface area contributed by atoms with Crippen molar-refractivity contribution in [2.75, 3.05) is 27.9 Å². The van der Waals surface area contributed by atoms with Gasteiger partial charge in [0.1, 0.15) is 5.75 Å². The second kappa shape index (κ2) is 7.11. The van der Waals surface area contributed by atoms with E-state index in [-0.39, 0.29) is 11.4 Å². The van der Waals surface area contributed by atoms with Crippen molar-refractivity contribution in [3.05, 3.63) is 22.6 Å². The summed E-state index contributed by atoms with van der Waals surface area (Å²) in [5, 5.41) is -0.390. The molecule has 1 aromatic carbocycles. The molecule has 7 heteroatoms. The van der Waals surface area contributed by atoms with Gasteiger partial charge in [0, 0.05) is 11.6 Å². The van der Waals surface area contributed by atoms with Gasteiger partial charge in [0.05, 0.1) is 32.8 Å². The highest BCUT2D eigenvalue weighted by molar-refractivity contribution is 8.18. The van der Waals surface area contributed by atoms with Crippen LogP contribution in [0.15, 0.2) is 17.0 Å². The van der Waals surface area contributed by atoms with Gasteiger partial charge in [-0.3, -0.25) is 14.5 Å². The van der Waals surface area contributed by atoms with E-state index >= 15 is 0 Å². The zero-order valence-electron chi connectivity index (χ0n) is 12.9. The van der Waals surface area contributed by atoms with Gasteiger partial charge in [0.25, 0.3) is 11.1 Å². The Morgan fingerprint density at radius 2 is 1.74 bits per heavy atom. The van der Waals surface area contributed by atoms with E-state index < -0.39 is 11.1 Å². The number of carbonyl (C=O) groups excluding carboxylic acids is 2. The molecule has 0 bridgehead atoms. The molecule has 0 radical (unpaired) electrons. The van der Waals surface area contributed by atoms with Gasteiger partial charge in [-0.25, -0.2) is 0 Å². The minimum Gasteiger partial charge on any atom is -0.496 e. The zero-order valence-corrected chi connectivity index (χ0v) is 13.7. The van der Waals surface area contributed by atoms with E-state index in [1.807, 2.05) is 0 Å². The highest BCUT2D eigenvalue weighted by Crippen LogP contribution is 2.38. The van der Waals surface area contributed by atoms with E-state index in [0.29, 0.717) is 22.8 Å². The first-order valence-corrected chi connectivity index (χ1v) is 7.36. The first kappa shape index (κ1) is 16.8. The van der Waals surface area contributed by atoms with Crippen LogP contribution in [-0.2, 0) is 4.79 Å². The van der Waals surface area contributed by atoms with Gasteiger partial charge in [0.15, 0.2) is 11.5 Å². The summed E-state index contributed by atoms with van der Waals surface area (Å²) in [4.78, 5) is 25.3. The van der Waals surface area contributed by atoms with Crippen LogP contribution in [0.3, 0.4) is 0 Å². The summed E-state index contributed by atoms with van der Waals surface area (Å²) in [5.41, 5.74) is 0.594. The third-order valence-corrected chi connectivity index (χ3v) is 4.05. The summed E-state index contributed by atoms with van der Waals surface area (Å²) in [5.74, 6) is 3.35. The highest BCUT2D eigenvalue weighted by atomic mass is 32.2. The second-order valence-corrected chi connectivity index (χ2v) is 5.41. The van der Waals surface area contributed by atoms with Crippen molar-refractivity contribution in [3.8, 4) is 29.6 Å². The molecular formula is C16H15NO5S. The van der Waals surface area contributed by atoms with E-state index in [9.17, 15) is 9.59 Å². The lowest BCUT2D eigenvalue weighted by molar-refractivity contribution is -0.122. The molecule has 1 heterocycles. The molecule has 0 unspecified atom stereocenters. The monoisotopic (exact) mass is 333 g/mol. The number of rotatable bonds is 5. The molecule has 23 heavy (non-hydrogen) atoms. The molecule has 1 aromatic rings. The number of imide groups is 1. The van der Waals surface area contributed by atoms with E-state index in [1.165, 1.54) is 21.3 Å². The maximum Gasteiger partial charge on any atom is 0.294 e. The molecule has 0 saturated carbocycles. The van der Waals surface area contributed by atoms with E-state index in [2.05, 4.69) is 5.92 Å². The number of ether oxygens (including phenoxy) is 3. The molecule has 1 saturated heterocycles. The largest absolute Gasteiger partial charge is 0.496 e. The summed E-state index contributed by atoms with van der Waals surface area (Å²) < 4.78 is 15.8. The van der Waals surface area contributed by atoms with Crippen molar-refractivity contribution >= 4 is 29.0 Å². The third kappa shape index (κ3) is 3.27. The maximum absolute atomic E-state index is 12.2. The van der Waals surface area contributed by atoms with Gasteiger partial charge < -0.3 is 14.2 Å². The number of hydrogen-bond acceptors (Lipinski definition) is 6. The Balaban J connectivity index is 2.45. The fourth-order valence-electron chi connectivity index (χ4n) is 2.03. The van der Waals surface area contributed by atoms with Gasteiger partial charge in [-0.05, 0) is 23.9 Å². The molecule has 2 rings (SSSR count). The molecule has 1 aliphatic heterocycles. The minimum absolute atomic E-state index is 0.0505. The Kier molecular flexibility index (Phi) is 5.19. The van der Waals surface area contributed by atoms with Crippen LogP contribution in [-0.4, -0.2) is 43.9 Å². The average molecular weight is 333 g/mol. The van der Waals surface area contributed by atoms with Crippen LogP contribution in [0.25, 0.3) is 6.08 Å². The molecule has 0 atom stereocenters. The quantitative estimate of drug-likeness (QED) is 0.609. The number of benzene rings is 1. The Bertz CT molecular complexity index is 720. The number of amides is 2. The Morgan fingerprint density at radius 3 is 2.30 bits per heavy atom. The first-order chi connectivity index (χ1) is 11.0. The van der Waals surface area contributed by atoms with Crippen LogP contribution in [0.2, 0.25) is 0 Å². The number of hydrogen-bond donors (Lipinski definition) is 0. The van der Waals surface area contributed by atoms with Crippen LogP contribution in [0, 0.1) is 12.3 Å². The third-order valence-electron chi connectivity index (χ3n) is 3.15.